The third-order valence-electron chi connectivity index (χ3n) is 3.58. The molecule has 21 heavy (non-hydrogen) atoms. The summed E-state index contributed by atoms with van der Waals surface area (Å²) in [5.74, 6) is 1.14. The first-order chi connectivity index (χ1) is 10.2. The molecule has 0 radical (unpaired) electrons. The zero-order chi connectivity index (χ0) is 14.7. The van der Waals surface area contributed by atoms with Gasteiger partial charge in [-0.25, -0.2) is 4.98 Å². The van der Waals surface area contributed by atoms with E-state index in [1.807, 2.05) is 24.3 Å². The number of phenolic OH excluding ortho intramolecular Hbond substituents is 1. The highest BCUT2D eigenvalue weighted by Gasteiger charge is 2.21. The largest absolute Gasteiger partial charge is 0.508 e. The van der Waals surface area contributed by atoms with Gasteiger partial charge >= 0.3 is 0 Å². The molecular formula is C16H17N3O2. The van der Waals surface area contributed by atoms with Crippen LogP contribution in [-0.4, -0.2) is 22.5 Å². The van der Waals surface area contributed by atoms with E-state index in [9.17, 15) is 9.90 Å². The number of para-hydroxylation sites is 1. The lowest BCUT2D eigenvalue weighted by molar-refractivity contribution is -0.117. The Balaban J connectivity index is 1.65. The topological polar surface area (TPSA) is 65.5 Å². The van der Waals surface area contributed by atoms with Gasteiger partial charge in [-0.1, -0.05) is 18.2 Å². The number of hydrogen-bond acceptors (Lipinski definition) is 4. The van der Waals surface area contributed by atoms with E-state index in [1.54, 1.807) is 23.2 Å². The van der Waals surface area contributed by atoms with Crippen molar-refractivity contribution in [1.82, 2.24) is 4.98 Å². The van der Waals surface area contributed by atoms with Gasteiger partial charge in [0, 0.05) is 25.1 Å². The zero-order valence-electron chi connectivity index (χ0n) is 11.6. The fraction of sp³-hybridized carbons (Fsp3) is 0.250. The number of anilines is 2. The summed E-state index contributed by atoms with van der Waals surface area (Å²) >= 11 is 0. The number of amides is 1. The molecule has 3 rings (SSSR count). The SMILES string of the molecule is O=C1CCCN1c1ccc(NCc2ccccc2O)nc1. The standard InChI is InChI=1S/C16H17N3O2/c20-14-5-2-1-4-12(14)10-17-15-8-7-13(11-18-15)19-9-3-6-16(19)21/h1-2,4-5,7-8,11,20H,3,6,9-10H2,(H,17,18). The van der Waals surface area contributed by atoms with E-state index in [0.29, 0.717) is 18.8 Å². The number of pyridine rings is 1. The maximum absolute atomic E-state index is 11.7. The van der Waals surface area contributed by atoms with Crippen LogP contribution in [0.15, 0.2) is 42.6 Å². The molecule has 2 heterocycles. The van der Waals surface area contributed by atoms with Crippen molar-refractivity contribution in [2.75, 3.05) is 16.8 Å². The molecule has 0 bridgehead atoms. The number of nitrogens with zero attached hydrogens (tertiary/aromatic N) is 2. The van der Waals surface area contributed by atoms with Crippen molar-refractivity contribution >= 4 is 17.4 Å². The smallest absolute Gasteiger partial charge is 0.227 e. The molecule has 0 unspecified atom stereocenters. The third-order valence-corrected chi connectivity index (χ3v) is 3.58. The molecule has 0 atom stereocenters. The molecule has 1 fully saturated rings. The Bertz CT molecular complexity index is 640. The zero-order valence-corrected chi connectivity index (χ0v) is 11.6. The number of aromatic nitrogens is 1. The van der Waals surface area contributed by atoms with Crippen molar-refractivity contribution < 1.29 is 9.90 Å². The number of hydrogen-bond donors (Lipinski definition) is 2. The highest BCUT2D eigenvalue weighted by Crippen LogP contribution is 2.22. The Morgan fingerprint density at radius 1 is 1.24 bits per heavy atom. The molecule has 1 saturated heterocycles. The van der Waals surface area contributed by atoms with Crippen LogP contribution >= 0.6 is 0 Å². The van der Waals surface area contributed by atoms with Gasteiger partial charge in [-0.05, 0) is 24.6 Å². The maximum atomic E-state index is 11.7. The van der Waals surface area contributed by atoms with Crippen molar-refractivity contribution in [2.24, 2.45) is 0 Å². The lowest BCUT2D eigenvalue weighted by Crippen LogP contribution is -2.23. The number of carbonyl (C=O) groups excluding carboxylic acids is 1. The normalized spacial score (nSPS) is 14.5. The fourth-order valence-corrected chi connectivity index (χ4v) is 2.42. The second-order valence-corrected chi connectivity index (χ2v) is 5.03. The van der Waals surface area contributed by atoms with Crippen molar-refractivity contribution in [3.63, 3.8) is 0 Å². The molecule has 0 saturated carbocycles. The van der Waals surface area contributed by atoms with E-state index in [-0.39, 0.29) is 11.7 Å². The molecule has 0 spiro atoms. The van der Waals surface area contributed by atoms with Crippen LogP contribution in [0.3, 0.4) is 0 Å². The monoisotopic (exact) mass is 283 g/mol. The Morgan fingerprint density at radius 2 is 2.10 bits per heavy atom. The summed E-state index contributed by atoms with van der Waals surface area (Å²) < 4.78 is 0. The van der Waals surface area contributed by atoms with Gasteiger partial charge in [0.25, 0.3) is 0 Å². The van der Waals surface area contributed by atoms with Gasteiger partial charge in [-0.15, -0.1) is 0 Å². The number of benzene rings is 1. The van der Waals surface area contributed by atoms with Crippen LogP contribution in [0.2, 0.25) is 0 Å². The summed E-state index contributed by atoms with van der Waals surface area (Å²) in [6, 6.07) is 10.9. The second kappa shape index (κ2) is 5.83. The molecule has 5 heteroatoms. The van der Waals surface area contributed by atoms with Crippen LogP contribution < -0.4 is 10.2 Å². The van der Waals surface area contributed by atoms with Crippen molar-refractivity contribution in [2.45, 2.75) is 19.4 Å². The lowest BCUT2D eigenvalue weighted by atomic mass is 10.2. The Labute approximate surface area is 123 Å². The quantitative estimate of drug-likeness (QED) is 0.905. The minimum atomic E-state index is 0.159. The molecule has 0 aliphatic carbocycles. The molecule has 1 aliphatic rings. The molecule has 2 aromatic rings. The number of aromatic hydroxyl groups is 1. The average molecular weight is 283 g/mol. The lowest BCUT2D eigenvalue weighted by Gasteiger charge is -2.15. The number of rotatable bonds is 4. The molecule has 1 aromatic carbocycles. The average Bonchev–Trinajstić information content (AvgIpc) is 2.93. The summed E-state index contributed by atoms with van der Waals surface area (Å²) in [4.78, 5) is 17.7. The van der Waals surface area contributed by atoms with Gasteiger partial charge in [-0.2, -0.15) is 0 Å². The van der Waals surface area contributed by atoms with Gasteiger partial charge in [0.1, 0.15) is 11.6 Å². The van der Waals surface area contributed by atoms with Crippen molar-refractivity contribution in [1.29, 1.82) is 0 Å². The highest BCUT2D eigenvalue weighted by atomic mass is 16.3. The second-order valence-electron chi connectivity index (χ2n) is 5.03. The summed E-state index contributed by atoms with van der Waals surface area (Å²) in [6.45, 7) is 1.27. The van der Waals surface area contributed by atoms with Gasteiger partial charge in [-0.3, -0.25) is 4.79 Å². The fourth-order valence-electron chi connectivity index (χ4n) is 2.42. The molecular weight excluding hydrogens is 266 g/mol. The first-order valence-corrected chi connectivity index (χ1v) is 7.01. The van der Waals surface area contributed by atoms with E-state index in [4.69, 9.17) is 0 Å². The molecule has 1 amide bonds. The van der Waals surface area contributed by atoms with Crippen LogP contribution in [0.1, 0.15) is 18.4 Å². The Morgan fingerprint density at radius 3 is 2.76 bits per heavy atom. The summed E-state index contributed by atoms with van der Waals surface area (Å²) in [7, 11) is 0. The maximum Gasteiger partial charge on any atom is 0.227 e. The minimum absolute atomic E-state index is 0.159. The van der Waals surface area contributed by atoms with Crippen LogP contribution in [0.25, 0.3) is 0 Å². The Hall–Kier alpha value is -2.56. The van der Waals surface area contributed by atoms with Crippen LogP contribution in [0.4, 0.5) is 11.5 Å². The number of carbonyl (C=O) groups is 1. The molecule has 5 nitrogen and oxygen atoms in total. The van der Waals surface area contributed by atoms with E-state index in [2.05, 4.69) is 10.3 Å². The Kier molecular flexibility index (Phi) is 3.73. The van der Waals surface area contributed by atoms with Crippen LogP contribution in [0, 0.1) is 0 Å². The van der Waals surface area contributed by atoms with Crippen molar-refractivity contribution in [3.8, 4) is 5.75 Å². The first-order valence-electron chi connectivity index (χ1n) is 7.01. The van der Waals surface area contributed by atoms with Crippen molar-refractivity contribution in [3.05, 3.63) is 48.2 Å². The summed E-state index contributed by atoms with van der Waals surface area (Å²) in [5, 5.41) is 12.9. The minimum Gasteiger partial charge on any atom is -0.508 e. The molecule has 1 aromatic heterocycles. The van der Waals surface area contributed by atoms with E-state index in [1.165, 1.54) is 0 Å². The van der Waals surface area contributed by atoms with Gasteiger partial charge in [0.2, 0.25) is 5.91 Å². The number of phenols is 1. The third kappa shape index (κ3) is 2.97. The highest BCUT2D eigenvalue weighted by molar-refractivity contribution is 5.95. The van der Waals surface area contributed by atoms with Gasteiger partial charge in [0.05, 0.1) is 11.9 Å². The van der Waals surface area contributed by atoms with E-state index in [0.717, 1.165) is 24.2 Å². The van der Waals surface area contributed by atoms with Gasteiger partial charge in [0.15, 0.2) is 0 Å². The van der Waals surface area contributed by atoms with Gasteiger partial charge < -0.3 is 15.3 Å². The summed E-state index contributed by atoms with van der Waals surface area (Å²) in [6.07, 6.45) is 3.23. The predicted octanol–water partition coefficient (Wildman–Crippen LogP) is 2.53. The van der Waals surface area contributed by atoms with Crippen LogP contribution in [-0.2, 0) is 11.3 Å². The predicted molar refractivity (Wildman–Crippen MR) is 81.3 cm³/mol. The molecule has 2 N–H and O–H groups in total. The molecule has 1 aliphatic heterocycles. The molecule has 108 valence electrons. The van der Waals surface area contributed by atoms with Crippen LogP contribution in [0.5, 0.6) is 5.75 Å². The van der Waals surface area contributed by atoms with E-state index >= 15 is 0 Å². The number of nitrogens with one attached hydrogen (secondary N) is 1. The summed E-state index contributed by atoms with van der Waals surface area (Å²) in [5.41, 5.74) is 1.66. The first kappa shape index (κ1) is 13.4. The van der Waals surface area contributed by atoms with E-state index < -0.39 is 0 Å².